The smallest absolute Gasteiger partial charge is 0.122 e. The standard InChI is InChI=1S/C9H10O2/c1-2-11-7-8-5-3-4-6-9(8)10/h2-6,10H,1,7H2. The maximum Gasteiger partial charge on any atom is 0.122 e. The first-order valence-corrected chi connectivity index (χ1v) is 3.34. The second-order valence-corrected chi connectivity index (χ2v) is 2.11. The number of hydrogen-bond acceptors (Lipinski definition) is 2. The summed E-state index contributed by atoms with van der Waals surface area (Å²) in [5.74, 6) is 0.259. The summed E-state index contributed by atoms with van der Waals surface area (Å²) in [5, 5.41) is 9.22. The molecule has 0 aliphatic carbocycles. The number of phenolic OH excluding ortho intramolecular Hbond substituents is 1. The Morgan fingerprint density at radius 1 is 1.45 bits per heavy atom. The van der Waals surface area contributed by atoms with Crippen LogP contribution in [0.1, 0.15) is 5.56 Å². The SMILES string of the molecule is C=COCc1ccccc1O. The highest BCUT2D eigenvalue weighted by atomic mass is 16.5. The van der Waals surface area contributed by atoms with E-state index in [0.717, 1.165) is 5.56 Å². The zero-order valence-corrected chi connectivity index (χ0v) is 6.16. The summed E-state index contributed by atoms with van der Waals surface area (Å²) in [7, 11) is 0. The quantitative estimate of drug-likeness (QED) is 0.668. The van der Waals surface area contributed by atoms with Crippen LogP contribution in [0.4, 0.5) is 0 Å². The summed E-state index contributed by atoms with van der Waals surface area (Å²) < 4.78 is 4.90. The molecular weight excluding hydrogens is 140 g/mol. The van der Waals surface area contributed by atoms with Crippen molar-refractivity contribution in [2.45, 2.75) is 6.61 Å². The zero-order valence-electron chi connectivity index (χ0n) is 6.16. The lowest BCUT2D eigenvalue weighted by Crippen LogP contribution is -1.85. The highest BCUT2D eigenvalue weighted by Crippen LogP contribution is 2.15. The number of ether oxygens (including phenoxy) is 1. The number of rotatable bonds is 3. The van der Waals surface area contributed by atoms with Crippen molar-refractivity contribution < 1.29 is 9.84 Å². The minimum absolute atomic E-state index is 0.259. The van der Waals surface area contributed by atoms with Crippen molar-refractivity contribution in [3.8, 4) is 5.75 Å². The van der Waals surface area contributed by atoms with Gasteiger partial charge in [0.25, 0.3) is 0 Å². The van der Waals surface area contributed by atoms with E-state index in [1.807, 2.05) is 6.07 Å². The molecule has 0 aliphatic heterocycles. The van der Waals surface area contributed by atoms with Gasteiger partial charge in [-0.25, -0.2) is 0 Å². The number of benzene rings is 1. The molecule has 0 spiro atoms. The molecule has 0 fully saturated rings. The average molecular weight is 150 g/mol. The van der Waals surface area contributed by atoms with Crippen molar-refractivity contribution in [1.82, 2.24) is 0 Å². The first-order chi connectivity index (χ1) is 5.34. The molecule has 11 heavy (non-hydrogen) atoms. The Hall–Kier alpha value is -1.44. The van der Waals surface area contributed by atoms with E-state index in [4.69, 9.17) is 4.74 Å². The molecule has 0 heterocycles. The Morgan fingerprint density at radius 3 is 2.82 bits per heavy atom. The molecule has 0 unspecified atom stereocenters. The van der Waals surface area contributed by atoms with Crippen LogP contribution >= 0.6 is 0 Å². The fourth-order valence-corrected chi connectivity index (χ4v) is 0.782. The van der Waals surface area contributed by atoms with Crippen molar-refractivity contribution in [2.24, 2.45) is 0 Å². The van der Waals surface area contributed by atoms with Crippen LogP contribution in [0, 0.1) is 0 Å². The van der Waals surface area contributed by atoms with Crippen LogP contribution < -0.4 is 0 Å². The second-order valence-electron chi connectivity index (χ2n) is 2.11. The predicted molar refractivity (Wildman–Crippen MR) is 43.1 cm³/mol. The lowest BCUT2D eigenvalue weighted by Gasteiger charge is -2.02. The van der Waals surface area contributed by atoms with Gasteiger partial charge in [-0.05, 0) is 6.07 Å². The Kier molecular flexibility index (Phi) is 2.55. The summed E-state index contributed by atoms with van der Waals surface area (Å²) in [6.45, 7) is 3.77. The van der Waals surface area contributed by atoms with Crippen molar-refractivity contribution in [3.05, 3.63) is 42.7 Å². The van der Waals surface area contributed by atoms with Gasteiger partial charge < -0.3 is 9.84 Å². The minimum Gasteiger partial charge on any atom is -0.508 e. The Balaban J connectivity index is 2.69. The Labute approximate surface area is 65.7 Å². The molecule has 0 radical (unpaired) electrons. The van der Waals surface area contributed by atoms with E-state index in [-0.39, 0.29) is 5.75 Å². The van der Waals surface area contributed by atoms with Crippen LogP contribution in [-0.2, 0) is 11.3 Å². The highest BCUT2D eigenvalue weighted by molar-refractivity contribution is 5.30. The summed E-state index contributed by atoms with van der Waals surface area (Å²) in [4.78, 5) is 0. The molecule has 2 heteroatoms. The number of phenols is 1. The van der Waals surface area contributed by atoms with E-state index < -0.39 is 0 Å². The van der Waals surface area contributed by atoms with Crippen molar-refractivity contribution >= 4 is 0 Å². The maximum atomic E-state index is 9.22. The van der Waals surface area contributed by atoms with E-state index in [2.05, 4.69) is 6.58 Å². The van der Waals surface area contributed by atoms with Gasteiger partial charge in [-0.2, -0.15) is 0 Å². The van der Waals surface area contributed by atoms with Crippen LogP contribution in [-0.4, -0.2) is 5.11 Å². The fourth-order valence-electron chi connectivity index (χ4n) is 0.782. The normalized spacial score (nSPS) is 9.09. The van der Waals surface area contributed by atoms with Gasteiger partial charge in [0.1, 0.15) is 12.4 Å². The third-order valence-corrected chi connectivity index (χ3v) is 1.35. The molecular formula is C9H10O2. The number of aromatic hydroxyl groups is 1. The van der Waals surface area contributed by atoms with Gasteiger partial charge in [-0.1, -0.05) is 24.8 Å². The molecule has 1 rings (SSSR count). The molecule has 1 aromatic carbocycles. The van der Waals surface area contributed by atoms with E-state index in [1.165, 1.54) is 6.26 Å². The minimum atomic E-state index is 0.259. The van der Waals surface area contributed by atoms with Gasteiger partial charge in [0, 0.05) is 5.56 Å². The first-order valence-electron chi connectivity index (χ1n) is 3.34. The number of hydrogen-bond donors (Lipinski definition) is 1. The second kappa shape index (κ2) is 3.66. The molecule has 58 valence electrons. The molecule has 0 saturated heterocycles. The van der Waals surface area contributed by atoms with Crippen LogP contribution in [0.15, 0.2) is 37.1 Å². The van der Waals surface area contributed by atoms with Crippen molar-refractivity contribution in [2.75, 3.05) is 0 Å². The zero-order chi connectivity index (χ0) is 8.10. The molecule has 1 aromatic rings. The van der Waals surface area contributed by atoms with E-state index >= 15 is 0 Å². The Bertz CT molecular complexity index is 243. The largest absolute Gasteiger partial charge is 0.508 e. The summed E-state index contributed by atoms with van der Waals surface area (Å²) in [6, 6.07) is 7.05. The molecule has 0 aliphatic rings. The summed E-state index contributed by atoms with van der Waals surface area (Å²) in [5.41, 5.74) is 0.771. The third-order valence-electron chi connectivity index (χ3n) is 1.35. The third kappa shape index (κ3) is 2.00. The fraction of sp³-hybridized carbons (Fsp3) is 0.111. The average Bonchev–Trinajstić information content (AvgIpc) is 2.03. The lowest BCUT2D eigenvalue weighted by molar-refractivity contribution is 0.233. The molecule has 0 saturated carbocycles. The van der Waals surface area contributed by atoms with Crippen LogP contribution in [0.5, 0.6) is 5.75 Å². The van der Waals surface area contributed by atoms with E-state index in [9.17, 15) is 5.11 Å². The Morgan fingerprint density at radius 2 is 2.18 bits per heavy atom. The molecule has 1 N–H and O–H groups in total. The van der Waals surface area contributed by atoms with Gasteiger partial charge in [0.2, 0.25) is 0 Å². The summed E-state index contributed by atoms with van der Waals surface area (Å²) in [6.07, 6.45) is 1.35. The van der Waals surface area contributed by atoms with Crippen molar-refractivity contribution in [1.29, 1.82) is 0 Å². The van der Waals surface area contributed by atoms with Gasteiger partial charge in [0.15, 0.2) is 0 Å². The predicted octanol–water partition coefficient (Wildman–Crippen LogP) is 2.05. The lowest BCUT2D eigenvalue weighted by atomic mass is 10.2. The van der Waals surface area contributed by atoms with E-state index in [0.29, 0.717) is 6.61 Å². The van der Waals surface area contributed by atoms with Crippen LogP contribution in [0.25, 0.3) is 0 Å². The van der Waals surface area contributed by atoms with Gasteiger partial charge in [-0.3, -0.25) is 0 Å². The van der Waals surface area contributed by atoms with Crippen LogP contribution in [0.3, 0.4) is 0 Å². The monoisotopic (exact) mass is 150 g/mol. The number of para-hydroxylation sites is 1. The van der Waals surface area contributed by atoms with Gasteiger partial charge in [-0.15, -0.1) is 0 Å². The van der Waals surface area contributed by atoms with Crippen LogP contribution in [0.2, 0.25) is 0 Å². The van der Waals surface area contributed by atoms with E-state index in [1.54, 1.807) is 18.2 Å². The molecule has 0 aromatic heterocycles. The maximum absolute atomic E-state index is 9.22. The molecule has 0 bridgehead atoms. The molecule has 0 amide bonds. The molecule has 0 atom stereocenters. The summed E-state index contributed by atoms with van der Waals surface area (Å²) >= 11 is 0. The van der Waals surface area contributed by atoms with Crippen molar-refractivity contribution in [3.63, 3.8) is 0 Å². The molecule has 2 nitrogen and oxygen atoms in total. The van der Waals surface area contributed by atoms with Gasteiger partial charge >= 0.3 is 0 Å². The topological polar surface area (TPSA) is 29.5 Å². The first kappa shape index (κ1) is 7.66. The highest BCUT2D eigenvalue weighted by Gasteiger charge is 1.96. The van der Waals surface area contributed by atoms with Gasteiger partial charge in [0.05, 0.1) is 6.26 Å².